The summed E-state index contributed by atoms with van der Waals surface area (Å²) in [6.45, 7) is -0.221. The number of benzene rings is 2. The van der Waals surface area contributed by atoms with Crippen molar-refractivity contribution in [2.45, 2.75) is 18.9 Å². The van der Waals surface area contributed by atoms with Crippen molar-refractivity contribution in [2.75, 3.05) is 20.3 Å². The number of nitrogens with zero attached hydrogens (tertiary/aromatic N) is 1. The highest BCUT2D eigenvalue weighted by atomic mass is 32.2. The van der Waals surface area contributed by atoms with Crippen molar-refractivity contribution in [1.29, 1.82) is 0 Å². The normalized spacial score (nSPS) is 15.9. The lowest BCUT2D eigenvalue weighted by molar-refractivity contribution is -0.124. The van der Waals surface area contributed by atoms with E-state index >= 15 is 0 Å². The van der Waals surface area contributed by atoms with Crippen molar-refractivity contribution < 1.29 is 24.2 Å². The molecule has 1 heterocycles. The SMILES string of the molecule is COc1cccc(/C=C2\SC(=O)N(CCC(=O)N[C@@H](CO)Cc3ccccc3)C2=O)c1. The third kappa shape index (κ3) is 6.19. The Bertz CT molecular complexity index is 977. The van der Waals surface area contributed by atoms with Crippen molar-refractivity contribution >= 4 is 34.9 Å². The number of methoxy groups -OCH3 is 1. The molecule has 2 aromatic carbocycles. The predicted octanol–water partition coefficient (Wildman–Crippen LogP) is 2.84. The summed E-state index contributed by atoms with van der Waals surface area (Å²) in [5.74, 6) is -0.0991. The first-order chi connectivity index (χ1) is 15.0. The zero-order valence-electron chi connectivity index (χ0n) is 17.1. The highest BCUT2D eigenvalue weighted by Crippen LogP contribution is 2.32. The van der Waals surface area contributed by atoms with Gasteiger partial charge in [-0.1, -0.05) is 42.5 Å². The van der Waals surface area contributed by atoms with E-state index in [-0.39, 0.29) is 25.5 Å². The molecule has 1 atom stereocenters. The number of thioether (sulfide) groups is 1. The second-order valence-corrected chi connectivity index (χ2v) is 7.99. The molecular weight excluding hydrogens is 416 g/mol. The number of nitrogens with one attached hydrogen (secondary N) is 1. The number of imide groups is 1. The van der Waals surface area contributed by atoms with Gasteiger partial charge in [-0.3, -0.25) is 19.3 Å². The minimum absolute atomic E-state index is 0.0184. The van der Waals surface area contributed by atoms with Gasteiger partial charge in [0.15, 0.2) is 0 Å². The third-order valence-electron chi connectivity index (χ3n) is 4.74. The molecule has 1 aliphatic rings. The van der Waals surface area contributed by atoms with Gasteiger partial charge in [0, 0.05) is 13.0 Å². The molecule has 1 saturated heterocycles. The van der Waals surface area contributed by atoms with Crippen LogP contribution in [-0.4, -0.2) is 53.4 Å². The van der Waals surface area contributed by atoms with Crippen LogP contribution in [0.25, 0.3) is 6.08 Å². The van der Waals surface area contributed by atoms with Gasteiger partial charge in [-0.15, -0.1) is 0 Å². The molecule has 3 rings (SSSR count). The van der Waals surface area contributed by atoms with E-state index in [1.807, 2.05) is 36.4 Å². The third-order valence-corrected chi connectivity index (χ3v) is 5.65. The molecule has 2 N–H and O–H groups in total. The summed E-state index contributed by atoms with van der Waals surface area (Å²) in [7, 11) is 1.55. The van der Waals surface area contributed by atoms with Gasteiger partial charge in [0.05, 0.1) is 24.7 Å². The summed E-state index contributed by atoms with van der Waals surface area (Å²) in [6, 6.07) is 16.3. The molecule has 0 unspecified atom stereocenters. The first-order valence-electron chi connectivity index (χ1n) is 9.83. The standard InChI is InChI=1S/C23H24N2O5S/c1-30-19-9-5-8-17(13-19)14-20-22(28)25(23(29)31-20)11-10-21(27)24-18(15-26)12-16-6-3-2-4-7-16/h2-9,13-14,18,26H,10-12,15H2,1H3,(H,24,27)/b20-14-/t18-/m1/s1. The van der Waals surface area contributed by atoms with Crippen LogP contribution in [0.3, 0.4) is 0 Å². The van der Waals surface area contributed by atoms with Crippen molar-refractivity contribution in [3.8, 4) is 5.75 Å². The minimum atomic E-state index is -0.433. The highest BCUT2D eigenvalue weighted by Gasteiger charge is 2.35. The average Bonchev–Trinajstić information content (AvgIpc) is 3.04. The summed E-state index contributed by atoms with van der Waals surface area (Å²) < 4.78 is 5.17. The Morgan fingerprint density at radius 2 is 1.97 bits per heavy atom. The Labute approximate surface area is 185 Å². The second kappa shape index (κ2) is 10.8. The van der Waals surface area contributed by atoms with Crippen molar-refractivity contribution in [3.05, 3.63) is 70.6 Å². The molecule has 3 amide bonds. The summed E-state index contributed by atoms with van der Waals surface area (Å²) >= 11 is 0.848. The maximum Gasteiger partial charge on any atom is 0.293 e. The molecule has 7 nitrogen and oxygen atoms in total. The fourth-order valence-corrected chi connectivity index (χ4v) is 4.01. The Morgan fingerprint density at radius 3 is 2.68 bits per heavy atom. The summed E-state index contributed by atoms with van der Waals surface area (Å²) in [5, 5.41) is 11.9. The number of hydrogen-bond acceptors (Lipinski definition) is 6. The van der Waals surface area contributed by atoms with Crippen LogP contribution in [0.5, 0.6) is 5.75 Å². The van der Waals surface area contributed by atoms with Crippen LogP contribution in [0, 0.1) is 0 Å². The molecule has 0 radical (unpaired) electrons. The van der Waals surface area contributed by atoms with Crippen LogP contribution in [-0.2, 0) is 16.0 Å². The molecular formula is C23H24N2O5S. The highest BCUT2D eigenvalue weighted by molar-refractivity contribution is 8.18. The molecule has 2 aromatic rings. The van der Waals surface area contributed by atoms with Gasteiger partial charge in [-0.2, -0.15) is 0 Å². The Morgan fingerprint density at radius 1 is 1.19 bits per heavy atom. The quantitative estimate of drug-likeness (QED) is 0.582. The molecule has 31 heavy (non-hydrogen) atoms. The van der Waals surface area contributed by atoms with Crippen molar-refractivity contribution in [3.63, 3.8) is 0 Å². The maximum atomic E-state index is 12.6. The molecule has 0 aliphatic carbocycles. The average molecular weight is 441 g/mol. The van der Waals surface area contributed by atoms with E-state index in [0.29, 0.717) is 17.1 Å². The fourth-order valence-electron chi connectivity index (χ4n) is 3.15. The zero-order chi connectivity index (χ0) is 22.2. The number of carbonyl (C=O) groups is 3. The van der Waals surface area contributed by atoms with Crippen LogP contribution in [0.2, 0.25) is 0 Å². The van der Waals surface area contributed by atoms with E-state index in [1.165, 1.54) is 0 Å². The second-order valence-electron chi connectivity index (χ2n) is 7.00. The number of ether oxygens (including phenoxy) is 1. The molecule has 0 aromatic heterocycles. The molecule has 8 heteroatoms. The topological polar surface area (TPSA) is 95.9 Å². The van der Waals surface area contributed by atoms with Crippen molar-refractivity contribution in [1.82, 2.24) is 10.2 Å². The van der Waals surface area contributed by atoms with Gasteiger partial charge in [-0.05, 0) is 47.5 Å². The number of aliphatic hydroxyl groups excluding tert-OH is 1. The summed E-state index contributed by atoms with van der Waals surface area (Å²) in [6.07, 6.45) is 2.10. The molecule has 162 valence electrons. The van der Waals surface area contributed by atoms with E-state index in [9.17, 15) is 19.5 Å². The largest absolute Gasteiger partial charge is 0.497 e. The minimum Gasteiger partial charge on any atom is -0.497 e. The summed E-state index contributed by atoms with van der Waals surface area (Å²) in [4.78, 5) is 38.6. The smallest absolute Gasteiger partial charge is 0.293 e. The molecule has 1 fully saturated rings. The van der Waals surface area contributed by atoms with Gasteiger partial charge >= 0.3 is 0 Å². The van der Waals surface area contributed by atoms with E-state index in [2.05, 4.69) is 5.32 Å². The number of rotatable bonds is 9. The van der Waals surface area contributed by atoms with Gasteiger partial charge < -0.3 is 15.2 Å². The van der Waals surface area contributed by atoms with Gasteiger partial charge in [-0.25, -0.2) is 0 Å². The zero-order valence-corrected chi connectivity index (χ0v) is 17.9. The van der Waals surface area contributed by atoms with E-state index in [1.54, 1.807) is 31.4 Å². The Kier molecular flexibility index (Phi) is 7.86. The monoisotopic (exact) mass is 440 g/mol. The lowest BCUT2D eigenvalue weighted by Gasteiger charge is -2.18. The Hall–Kier alpha value is -3.10. The number of hydrogen-bond donors (Lipinski definition) is 2. The van der Waals surface area contributed by atoms with E-state index in [4.69, 9.17) is 4.74 Å². The van der Waals surface area contributed by atoms with E-state index in [0.717, 1.165) is 27.8 Å². The maximum absolute atomic E-state index is 12.6. The Balaban J connectivity index is 1.55. The first kappa shape index (κ1) is 22.6. The predicted molar refractivity (Wildman–Crippen MR) is 119 cm³/mol. The molecule has 1 aliphatic heterocycles. The van der Waals surface area contributed by atoms with Crippen LogP contribution in [0.15, 0.2) is 59.5 Å². The first-order valence-corrected chi connectivity index (χ1v) is 10.7. The van der Waals surface area contributed by atoms with Gasteiger partial charge in [0.1, 0.15) is 5.75 Å². The number of carbonyl (C=O) groups excluding carboxylic acids is 3. The lowest BCUT2D eigenvalue weighted by atomic mass is 10.1. The van der Waals surface area contributed by atoms with Gasteiger partial charge in [0.2, 0.25) is 5.91 Å². The molecule has 0 bridgehead atoms. The fraction of sp³-hybridized carbons (Fsp3) is 0.261. The summed E-state index contributed by atoms with van der Waals surface area (Å²) in [5.41, 5.74) is 1.74. The molecule has 0 spiro atoms. The van der Waals surface area contributed by atoms with Crippen LogP contribution in [0.4, 0.5) is 4.79 Å². The number of aliphatic hydroxyl groups is 1. The van der Waals surface area contributed by atoms with Crippen LogP contribution in [0.1, 0.15) is 17.5 Å². The van der Waals surface area contributed by atoms with Gasteiger partial charge in [0.25, 0.3) is 11.1 Å². The molecule has 0 saturated carbocycles. The van der Waals surface area contributed by atoms with Crippen LogP contribution < -0.4 is 10.1 Å². The number of amides is 3. The van der Waals surface area contributed by atoms with Crippen LogP contribution >= 0.6 is 11.8 Å². The van der Waals surface area contributed by atoms with E-state index < -0.39 is 17.2 Å². The lowest BCUT2D eigenvalue weighted by Crippen LogP contribution is -2.41. The van der Waals surface area contributed by atoms with Crippen molar-refractivity contribution in [2.24, 2.45) is 0 Å².